The molecule has 0 bridgehead atoms. The molecule has 150 valence electrons. The summed E-state index contributed by atoms with van der Waals surface area (Å²) in [6.45, 7) is 2.78. The summed E-state index contributed by atoms with van der Waals surface area (Å²) < 4.78 is 1.82. The predicted molar refractivity (Wildman–Crippen MR) is 110 cm³/mol. The van der Waals surface area contributed by atoms with E-state index in [0.717, 1.165) is 43.7 Å². The third kappa shape index (κ3) is 3.66. The van der Waals surface area contributed by atoms with Crippen LogP contribution in [0.25, 0.3) is 0 Å². The normalized spacial score (nSPS) is 22.7. The number of aliphatic hydroxyl groups excluding tert-OH is 1. The van der Waals surface area contributed by atoms with Gasteiger partial charge in [-0.15, -0.1) is 5.10 Å². The topological polar surface area (TPSA) is 74.4 Å². The second-order valence-electron chi connectivity index (χ2n) is 8.25. The standard InChI is InChI=1S/C23H26N4O2/c28-20-6-3-5-17(12-20)16-8-10-26(11-9-16)14-19-15-27(25-24-19)23-21-7-2-1-4-18(21)13-22(23)29/h1-7,12,15-16,22-23,28-29H,8-11,13-14H2/t22-,23-/m0/s1. The lowest BCUT2D eigenvalue weighted by atomic mass is 9.89. The lowest BCUT2D eigenvalue weighted by molar-refractivity contribution is 0.137. The lowest BCUT2D eigenvalue weighted by Crippen LogP contribution is -2.32. The van der Waals surface area contributed by atoms with Crippen molar-refractivity contribution in [1.82, 2.24) is 19.9 Å². The van der Waals surface area contributed by atoms with Gasteiger partial charge in [0.2, 0.25) is 0 Å². The molecule has 0 radical (unpaired) electrons. The van der Waals surface area contributed by atoms with Gasteiger partial charge < -0.3 is 10.2 Å². The number of aliphatic hydroxyl groups is 1. The van der Waals surface area contributed by atoms with Crippen molar-refractivity contribution in [3.8, 4) is 5.75 Å². The molecule has 1 fully saturated rings. The second-order valence-corrected chi connectivity index (χ2v) is 8.25. The van der Waals surface area contributed by atoms with Crippen LogP contribution in [0, 0.1) is 0 Å². The van der Waals surface area contributed by atoms with Crippen molar-refractivity contribution in [2.45, 2.75) is 43.9 Å². The van der Waals surface area contributed by atoms with Crippen molar-refractivity contribution in [1.29, 1.82) is 0 Å². The number of hydrogen-bond donors (Lipinski definition) is 2. The van der Waals surface area contributed by atoms with Crippen molar-refractivity contribution in [2.24, 2.45) is 0 Å². The summed E-state index contributed by atoms with van der Waals surface area (Å²) in [6, 6.07) is 15.7. The summed E-state index contributed by atoms with van der Waals surface area (Å²) >= 11 is 0. The largest absolute Gasteiger partial charge is 0.508 e. The molecule has 6 nitrogen and oxygen atoms in total. The van der Waals surface area contributed by atoms with Gasteiger partial charge in [-0.05, 0) is 60.7 Å². The Kier molecular flexibility index (Phi) is 4.81. The number of benzene rings is 2. The van der Waals surface area contributed by atoms with Crippen LogP contribution in [0.3, 0.4) is 0 Å². The van der Waals surface area contributed by atoms with Crippen molar-refractivity contribution >= 4 is 0 Å². The Labute approximate surface area is 170 Å². The van der Waals surface area contributed by atoms with Crippen molar-refractivity contribution in [2.75, 3.05) is 13.1 Å². The summed E-state index contributed by atoms with van der Waals surface area (Å²) in [5.74, 6) is 0.844. The maximum Gasteiger partial charge on any atom is 0.115 e. The fraction of sp³-hybridized carbons (Fsp3) is 0.391. The lowest BCUT2D eigenvalue weighted by Gasteiger charge is -2.31. The van der Waals surface area contributed by atoms with E-state index < -0.39 is 6.10 Å². The van der Waals surface area contributed by atoms with E-state index in [9.17, 15) is 10.2 Å². The molecule has 5 rings (SSSR count). The van der Waals surface area contributed by atoms with E-state index in [2.05, 4.69) is 33.4 Å². The maximum atomic E-state index is 10.5. The molecule has 2 N–H and O–H groups in total. The number of rotatable bonds is 4. The molecule has 1 aromatic heterocycles. The van der Waals surface area contributed by atoms with Crippen LogP contribution < -0.4 is 0 Å². The Balaban J connectivity index is 1.23. The minimum Gasteiger partial charge on any atom is -0.508 e. The van der Waals surface area contributed by atoms with Gasteiger partial charge in [0.1, 0.15) is 11.8 Å². The molecule has 6 heteroatoms. The van der Waals surface area contributed by atoms with Crippen LogP contribution in [-0.2, 0) is 13.0 Å². The molecule has 29 heavy (non-hydrogen) atoms. The number of piperidine rings is 1. The highest BCUT2D eigenvalue weighted by Crippen LogP contribution is 2.34. The van der Waals surface area contributed by atoms with E-state index in [-0.39, 0.29) is 6.04 Å². The van der Waals surface area contributed by atoms with Gasteiger partial charge in [0.25, 0.3) is 0 Å². The van der Waals surface area contributed by atoms with Crippen LogP contribution in [0.15, 0.2) is 54.7 Å². The molecule has 0 amide bonds. The summed E-state index contributed by atoms with van der Waals surface area (Å²) in [5, 5.41) is 29.0. The number of phenolic OH excluding ortho intramolecular Hbond substituents is 1. The van der Waals surface area contributed by atoms with E-state index in [4.69, 9.17) is 0 Å². The number of aromatic nitrogens is 3. The van der Waals surface area contributed by atoms with E-state index in [1.54, 1.807) is 6.07 Å². The van der Waals surface area contributed by atoms with E-state index in [1.165, 1.54) is 11.1 Å². The molecule has 3 aromatic rings. The van der Waals surface area contributed by atoms with Gasteiger partial charge >= 0.3 is 0 Å². The molecule has 2 aliphatic rings. The van der Waals surface area contributed by atoms with Gasteiger partial charge in [-0.2, -0.15) is 0 Å². The Morgan fingerprint density at radius 1 is 1.03 bits per heavy atom. The number of aromatic hydroxyl groups is 1. The summed E-state index contributed by atoms with van der Waals surface area (Å²) in [4.78, 5) is 2.41. The van der Waals surface area contributed by atoms with Gasteiger partial charge in [-0.3, -0.25) is 4.90 Å². The van der Waals surface area contributed by atoms with Crippen molar-refractivity contribution < 1.29 is 10.2 Å². The molecular formula is C23H26N4O2. The van der Waals surface area contributed by atoms with Crippen LogP contribution >= 0.6 is 0 Å². The molecule has 1 aliphatic carbocycles. The van der Waals surface area contributed by atoms with Gasteiger partial charge in [0.15, 0.2) is 0 Å². The average Bonchev–Trinajstić information content (AvgIpc) is 3.31. The Morgan fingerprint density at radius 2 is 1.86 bits per heavy atom. The van der Waals surface area contributed by atoms with Crippen LogP contribution in [0.5, 0.6) is 5.75 Å². The number of hydrogen-bond acceptors (Lipinski definition) is 5. The SMILES string of the molecule is Oc1cccc(C2CCN(Cc3cn([C@H]4c5ccccc5C[C@@H]4O)nn3)CC2)c1. The van der Waals surface area contributed by atoms with Crippen LogP contribution in [-0.4, -0.2) is 49.3 Å². The third-order valence-electron chi connectivity index (χ3n) is 6.32. The van der Waals surface area contributed by atoms with Gasteiger partial charge in [-0.25, -0.2) is 4.68 Å². The van der Waals surface area contributed by atoms with Crippen molar-refractivity contribution in [3.05, 3.63) is 77.1 Å². The zero-order valence-corrected chi connectivity index (χ0v) is 16.4. The molecule has 2 atom stereocenters. The summed E-state index contributed by atoms with van der Waals surface area (Å²) in [7, 11) is 0. The molecule has 0 unspecified atom stereocenters. The third-order valence-corrected chi connectivity index (χ3v) is 6.32. The molecule has 1 aliphatic heterocycles. The average molecular weight is 390 g/mol. The van der Waals surface area contributed by atoms with Crippen molar-refractivity contribution in [3.63, 3.8) is 0 Å². The molecule has 1 saturated heterocycles. The quantitative estimate of drug-likeness (QED) is 0.717. The number of fused-ring (bicyclic) bond motifs is 1. The maximum absolute atomic E-state index is 10.5. The Morgan fingerprint density at radius 3 is 2.69 bits per heavy atom. The highest BCUT2D eigenvalue weighted by molar-refractivity contribution is 5.37. The highest BCUT2D eigenvalue weighted by Gasteiger charge is 2.33. The fourth-order valence-electron chi connectivity index (χ4n) is 4.83. The Hall–Kier alpha value is -2.70. The first-order valence-electron chi connectivity index (χ1n) is 10.4. The highest BCUT2D eigenvalue weighted by atomic mass is 16.3. The summed E-state index contributed by atoms with van der Waals surface area (Å²) in [6.07, 6.45) is 4.34. The summed E-state index contributed by atoms with van der Waals surface area (Å²) in [5.41, 5.74) is 4.50. The van der Waals surface area contributed by atoms with Crippen LogP contribution in [0.1, 0.15) is 47.2 Å². The molecular weight excluding hydrogens is 364 g/mol. The van der Waals surface area contributed by atoms with Gasteiger partial charge in [-0.1, -0.05) is 41.6 Å². The smallest absolute Gasteiger partial charge is 0.115 e. The van der Waals surface area contributed by atoms with Gasteiger partial charge in [0, 0.05) is 13.0 Å². The minimum absolute atomic E-state index is 0.149. The van der Waals surface area contributed by atoms with Gasteiger partial charge in [0.05, 0.1) is 18.0 Å². The second kappa shape index (κ2) is 7.61. The van der Waals surface area contributed by atoms with E-state index >= 15 is 0 Å². The number of phenols is 1. The van der Waals surface area contributed by atoms with E-state index in [1.807, 2.05) is 35.1 Å². The van der Waals surface area contributed by atoms with Crippen LogP contribution in [0.4, 0.5) is 0 Å². The molecule has 0 spiro atoms. The molecule has 2 aromatic carbocycles. The predicted octanol–water partition coefficient (Wildman–Crippen LogP) is 2.87. The Bertz CT molecular complexity index is 994. The molecule has 2 heterocycles. The first-order chi connectivity index (χ1) is 14.2. The first kappa shape index (κ1) is 18.3. The molecule has 0 saturated carbocycles. The zero-order valence-electron chi connectivity index (χ0n) is 16.4. The zero-order chi connectivity index (χ0) is 19.8. The van der Waals surface area contributed by atoms with Crippen LogP contribution in [0.2, 0.25) is 0 Å². The fourth-order valence-corrected chi connectivity index (χ4v) is 4.83. The minimum atomic E-state index is -0.458. The van der Waals surface area contributed by atoms with E-state index in [0.29, 0.717) is 18.1 Å². The monoisotopic (exact) mass is 390 g/mol. The number of nitrogens with zero attached hydrogens (tertiary/aromatic N) is 4. The first-order valence-corrected chi connectivity index (χ1v) is 10.4. The number of likely N-dealkylation sites (tertiary alicyclic amines) is 1.